The van der Waals surface area contributed by atoms with Crippen molar-refractivity contribution >= 4 is 20.9 Å². The Bertz CT molecular complexity index is 1060. The zero-order valence-electron chi connectivity index (χ0n) is 17.6. The Morgan fingerprint density at radius 1 is 1.33 bits per heavy atom. The Balaban J connectivity index is 0.00000160. The molecule has 4 rings (SSSR count). The summed E-state index contributed by atoms with van der Waals surface area (Å²) in [5.74, 6) is 0.601. The van der Waals surface area contributed by atoms with Crippen molar-refractivity contribution in [3.05, 3.63) is 70.6 Å². The molecule has 1 aliphatic rings. The standard InChI is InChI=1S/C20H22N4O3Si.2Rb/c1-12-15(10-27-9-14-6-4-3-5-7-14)17(28-26)8-16(12)24-11-21-18-19(24)22-13(2)23-20(18)25;;/h3-7,11,15-17,26H,1,8-10H2,2H3,(H,22,23,25);;/q-1;2*+1/t15-,16-,17-;;/m0../s1. The molecule has 145 valence electrons. The minimum Gasteiger partial charge on any atom is -0.634 e. The minimum absolute atomic E-state index is 0. The monoisotopic (exact) mass is 564 g/mol. The van der Waals surface area contributed by atoms with Gasteiger partial charge >= 0.3 is 116 Å². The number of nitrogens with one attached hydrogen (secondary N) is 1. The molecule has 1 radical (unpaired) electrons. The van der Waals surface area contributed by atoms with Crippen molar-refractivity contribution in [2.75, 3.05) is 6.61 Å². The fraction of sp³-hybridized carbons (Fsp3) is 0.350. The minimum atomic E-state index is -0.242. The molecule has 1 aromatic carbocycles. The van der Waals surface area contributed by atoms with Gasteiger partial charge in [0, 0.05) is 0 Å². The molecule has 1 fully saturated rings. The van der Waals surface area contributed by atoms with E-state index in [2.05, 4.69) is 21.5 Å². The van der Waals surface area contributed by atoms with Gasteiger partial charge in [0.1, 0.15) is 5.82 Å². The number of ether oxygens (including phenoxy) is 1. The van der Waals surface area contributed by atoms with Crippen LogP contribution in [0, 0.1) is 12.8 Å². The van der Waals surface area contributed by atoms with Crippen molar-refractivity contribution in [1.29, 1.82) is 0 Å². The summed E-state index contributed by atoms with van der Waals surface area (Å²) in [6.45, 7) is 7.08. The van der Waals surface area contributed by atoms with Crippen molar-refractivity contribution < 1.29 is 126 Å². The summed E-state index contributed by atoms with van der Waals surface area (Å²) in [5, 5.41) is 0. The first-order valence-corrected chi connectivity index (χ1v) is 10.2. The number of benzene rings is 1. The second kappa shape index (κ2) is 12.5. The summed E-state index contributed by atoms with van der Waals surface area (Å²) in [4.78, 5) is 33.4. The third-order valence-electron chi connectivity index (χ3n) is 5.33. The SMILES string of the molecule is C=C1[C@H](COCc2ccccc2)[C@@H]([Si-]O)C[C@@H]1n1cnc2c(=O)[nH]c(C)nc21.[Rb+].[Rb+]. The summed E-state index contributed by atoms with van der Waals surface area (Å²) in [5.41, 5.74) is 2.81. The molecule has 30 heavy (non-hydrogen) atoms. The third-order valence-corrected chi connectivity index (χ3v) is 6.30. The molecule has 1 aliphatic carbocycles. The zero-order valence-corrected chi connectivity index (χ0v) is 28.5. The van der Waals surface area contributed by atoms with E-state index in [1.54, 1.807) is 13.3 Å². The van der Waals surface area contributed by atoms with E-state index in [1.165, 1.54) is 0 Å². The maximum absolute atomic E-state index is 12.1. The number of nitrogens with zero attached hydrogens (tertiary/aromatic N) is 3. The molecule has 0 unspecified atom stereocenters. The van der Waals surface area contributed by atoms with Gasteiger partial charge in [-0.2, -0.15) is 5.54 Å². The average molecular weight is 565 g/mol. The molecule has 1 saturated carbocycles. The number of hydrogen-bond acceptors (Lipinski definition) is 5. The van der Waals surface area contributed by atoms with E-state index in [9.17, 15) is 9.59 Å². The van der Waals surface area contributed by atoms with Crippen molar-refractivity contribution in [2.45, 2.75) is 31.5 Å². The number of fused-ring (bicyclic) bond motifs is 1. The molecule has 3 aromatic rings. The van der Waals surface area contributed by atoms with Crippen molar-refractivity contribution in [3.8, 4) is 0 Å². The second-order valence-electron chi connectivity index (χ2n) is 7.14. The second-order valence-corrected chi connectivity index (χ2v) is 8.14. The van der Waals surface area contributed by atoms with Gasteiger partial charge in [0.2, 0.25) is 0 Å². The molecule has 0 spiro atoms. The van der Waals surface area contributed by atoms with Crippen LogP contribution in [0.25, 0.3) is 11.2 Å². The van der Waals surface area contributed by atoms with Crippen LogP contribution in [0.1, 0.15) is 23.9 Å². The van der Waals surface area contributed by atoms with Gasteiger partial charge in [-0.05, 0) is 18.4 Å². The van der Waals surface area contributed by atoms with Gasteiger partial charge < -0.3 is 19.1 Å². The van der Waals surface area contributed by atoms with E-state index in [1.807, 2.05) is 34.9 Å². The Hall–Kier alpha value is 1.06. The van der Waals surface area contributed by atoms with Crippen molar-refractivity contribution in [3.63, 3.8) is 0 Å². The van der Waals surface area contributed by atoms with Crippen LogP contribution in [-0.4, -0.2) is 40.7 Å². The Kier molecular flexibility index (Phi) is 11.4. The van der Waals surface area contributed by atoms with E-state index >= 15 is 0 Å². The summed E-state index contributed by atoms with van der Waals surface area (Å²) >= 11 is 0. The summed E-state index contributed by atoms with van der Waals surface area (Å²) < 4.78 is 7.84. The van der Waals surface area contributed by atoms with E-state index < -0.39 is 0 Å². The maximum atomic E-state index is 12.1. The number of aryl methyl sites for hydroxylation is 1. The van der Waals surface area contributed by atoms with Gasteiger partial charge in [-0.3, -0.25) is 14.6 Å². The summed E-state index contributed by atoms with van der Waals surface area (Å²) in [6.07, 6.45) is 2.37. The first-order chi connectivity index (χ1) is 13.6. The van der Waals surface area contributed by atoms with E-state index in [4.69, 9.17) is 4.74 Å². The van der Waals surface area contributed by atoms with Gasteiger partial charge in [0.25, 0.3) is 5.56 Å². The van der Waals surface area contributed by atoms with Crippen LogP contribution in [0.5, 0.6) is 0 Å². The van der Waals surface area contributed by atoms with Gasteiger partial charge in [-0.15, -0.1) is 0 Å². The number of hydrogen-bond donors (Lipinski definition) is 2. The van der Waals surface area contributed by atoms with Crippen LogP contribution >= 0.6 is 0 Å². The third kappa shape index (κ3) is 5.94. The molecule has 2 heterocycles. The molecule has 2 aromatic heterocycles. The van der Waals surface area contributed by atoms with Crippen LogP contribution in [0.3, 0.4) is 0 Å². The smallest absolute Gasteiger partial charge is 0.634 e. The number of aromatic amines is 1. The predicted octanol–water partition coefficient (Wildman–Crippen LogP) is -3.83. The Labute approximate surface area is 275 Å². The first-order valence-electron chi connectivity index (χ1n) is 9.22. The molecule has 2 N–H and O–H groups in total. The first kappa shape index (κ1) is 27.3. The largest absolute Gasteiger partial charge is 1.00 e. The van der Waals surface area contributed by atoms with Crippen LogP contribution in [0.15, 0.2) is 53.6 Å². The van der Waals surface area contributed by atoms with Crippen LogP contribution in [-0.2, 0) is 11.3 Å². The fourth-order valence-corrected chi connectivity index (χ4v) is 4.68. The van der Waals surface area contributed by atoms with Crippen LogP contribution in [0.2, 0.25) is 5.54 Å². The summed E-state index contributed by atoms with van der Waals surface area (Å²) in [6, 6.07) is 9.95. The summed E-state index contributed by atoms with van der Waals surface area (Å²) in [7, 11) is -0.195. The van der Waals surface area contributed by atoms with Gasteiger partial charge in [-0.25, -0.2) is 9.97 Å². The van der Waals surface area contributed by atoms with Crippen molar-refractivity contribution in [1.82, 2.24) is 19.5 Å². The number of aromatic nitrogens is 4. The van der Waals surface area contributed by atoms with E-state index in [0.717, 1.165) is 17.6 Å². The molecule has 10 heteroatoms. The van der Waals surface area contributed by atoms with Crippen molar-refractivity contribution in [2.24, 2.45) is 5.92 Å². The normalized spacial score (nSPS) is 20.7. The molecule has 0 saturated heterocycles. The van der Waals surface area contributed by atoms with Gasteiger partial charge in [-0.1, -0.05) is 48.9 Å². The van der Waals surface area contributed by atoms with Gasteiger partial charge in [0.05, 0.1) is 25.6 Å². The molecule has 0 bridgehead atoms. The average Bonchev–Trinajstić information content (AvgIpc) is 3.24. The van der Waals surface area contributed by atoms with E-state index in [-0.39, 0.29) is 149 Å². The topological polar surface area (TPSA) is 93.0 Å². The van der Waals surface area contributed by atoms with E-state index in [0.29, 0.717) is 30.2 Å². The quantitative estimate of drug-likeness (QED) is 0.236. The molecule has 3 atom stereocenters. The molecule has 0 amide bonds. The molecular formula is C20H22N4O3Rb2Si+. The number of H-pyrrole nitrogens is 1. The van der Waals surface area contributed by atoms with Crippen LogP contribution < -0.4 is 122 Å². The number of imidazole rings is 1. The van der Waals surface area contributed by atoms with Gasteiger partial charge in [0.15, 0.2) is 11.2 Å². The molecule has 7 nitrogen and oxygen atoms in total. The Morgan fingerprint density at radius 3 is 2.77 bits per heavy atom. The van der Waals surface area contributed by atoms with Crippen LogP contribution in [0.4, 0.5) is 0 Å². The zero-order chi connectivity index (χ0) is 19.7. The Morgan fingerprint density at radius 2 is 2.07 bits per heavy atom. The predicted molar refractivity (Wildman–Crippen MR) is 107 cm³/mol. The maximum Gasteiger partial charge on any atom is 1.00 e. The number of rotatable bonds is 6. The molecular weight excluding hydrogens is 543 g/mol. The molecule has 0 aliphatic heterocycles. The fourth-order valence-electron chi connectivity index (χ4n) is 3.86.